The highest BCUT2D eigenvalue weighted by Gasteiger charge is 2.30. The highest BCUT2D eigenvalue weighted by atomic mass is 16.5. The Morgan fingerprint density at radius 1 is 1.27 bits per heavy atom. The summed E-state index contributed by atoms with van der Waals surface area (Å²) in [5.74, 6) is -0.385. The molecule has 116 valence electrons. The van der Waals surface area contributed by atoms with Crippen LogP contribution in [0.1, 0.15) is 12.5 Å². The predicted molar refractivity (Wildman–Crippen MR) is 78.1 cm³/mol. The lowest BCUT2D eigenvalue weighted by atomic mass is 10.1. The first-order valence-corrected chi connectivity index (χ1v) is 6.52. The Morgan fingerprint density at radius 3 is 2.59 bits per heavy atom. The van der Waals surface area contributed by atoms with Crippen LogP contribution in [0.15, 0.2) is 23.9 Å². The summed E-state index contributed by atoms with van der Waals surface area (Å²) in [6, 6.07) is 5.06. The van der Waals surface area contributed by atoms with Crippen LogP contribution < -0.4 is 14.8 Å². The second-order valence-electron chi connectivity index (χ2n) is 4.62. The van der Waals surface area contributed by atoms with Gasteiger partial charge in [-0.2, -0.15) is 0 Å². The number of nitrogens with one attached hydrogen (secondary N) is 1. The maximum absolute atomic E-state index is 12.2. The largest absolute Gasteiger partial charge is 0.497 e. The van der Waals surface area contributed by atoms with Crippen molar-refractivity contribution < 1.29 is 23.9 Å². The number of methoxy groups -OCH3 is 2. The normalized spacial score (nSPS) is 16.5. The molecule has 1 heterocycles. The van der Waals surface area contributed by atoms with E-state index in [0.29, 0.717) is 17.1 Å². The molecule has 7 nitrogen and oxygen atoms in total. The molecule has 0 aromatic heterocycles. The summed E-state index contributed by atoms with van der Waals surface area (Å²) >= 11 is 0. The van der Waals surface area contributed by atoms with E-state index in [9.17, 15) is 14.4 Å². The third-order valence-electron chi connectivity index (χ3n) is 3.17. The molecular formula is C15H16N2O5. The van der Waals surface area contributed by atoms with Crippen LogP contribution in [0.4, 0.5) is 0 Å². The highest BCUT2D eigenvalue weighted by molar-refractivity contribution is 6.12. The maximum atomic E-state index is 12.2. The number of benzene rings is 1. The van der Waals surface area contributed by atoms with Crippen molar-refractivity contribution in [2.45, 2.75) is 6.92 Å². The molecule has 0 spiro atoms. The Morgan fingerprint density at radius 2 is 2.00 bits per heavy atom. The molecule has 1 fully saturated rings. The molecule has 7 heteroatoms. The fraction of sp³-hybridized carbons (Fsp3) is 0.267. The smallest absolute Gasteiger partial charge is 0.277 e. The summed E-state index contributed by atoms with van der Waals surface area (Å²) < 4.78 is 10.3. The fourth-order valence-electron chi connectivity index (χ4n) is 2.06. The number of hydrogen-bond donors (Lipinski definition) is 1. The number of ether oxygens (including phenoxy) is 2. The van der Waals surface area contributed by atoms with E-state index in [1.165, 1.54) is 27.2 Å². The third kappa shape index (κ3) is 3.08. The molecule has 0 bridgehead atoms. The summed E-state index contributed by atoms with van der Waals surface area (Å²) in [5.41, 5.74) is 0.564. The van der Waals surface area contributed by atoms with E-state index in [1.54, 1.807) is 18.2 Å². The minimum Gasteiger partial charge on any atom is -0.497 e. The molecule has 0 atom stereocenters. The van der Waals surface area contributed by atoms with Crippen molar-refractivity contribution >= 4 is 23.8 Å². The number of nitrogens with zero attached hydrogens (tertiary/aromatic N) is 1. The van der Waals surface area contributed by atoms with Crippen molar-refractivity contribution in [1.82, 2.24) is 10.2 Å². The molecule has 0 aliphatic carbocycles. The van der Waals surface area contributed by atoms with Crippen LogP contribution in [0, 0.1) is 0 Å². The Hall–Kier alpha value is -2.83. The van der Waals surface area contributed by atoms with Gasteiger partial charge in [0.25, 0.3) is 5.91 Å². The van der Waals surface area contributed by atoms with Crippen molar-refractivity contribution in [2.75, 3.05) is 20.8 Å². The van der Waals surface area contributed by atoms with Crippen LogP contribution in [0.25, 0.3) is 6.08 Å². The minimum absolute atomic E-state index is 0.0120. The molecular weight excluding hydrogens is 288 g/mol. The number of rotatable bonds is 3. The lowest BCUT2D eigenvalue weighted by Crippen LogP contribution is -2.51. The number of hydrogen-bond acceptors (Lipinski definition) is 5. The van der Waals surface area contributed by atoms with E-state index < -0.39 is 17.7 Å². The van der Waals surface area contributed by atoms with Crippen molar-refractivity contribution in [1.29, 1.82) is 0 Å². The number of carbonyl (C=O) groups is 3. The van der Waals surface area contributed by atoms with Gasteiger partial charge in [-0.1, -0.05) is 0 Å². The lowest BCUT2D eigenvalue weighted by Gasteiger charge is -2.25. The topological polar surface area (TPSA) is 84.9 Å². The molecule has 1 saturated heterocycles. The molecule has 1 aromatic rings. The maximum Gasteiger partial charge on any atom is 0.277 e. The van der Waals surface area contributed by atoms with Crippen LogP contribution >= 0.6 is 0 Å². The zero-order valence-corrected chi connectivity index (χ0v) is 12.5. The van der Waals surface area contributed by atoms with E-state index in [0.717, 1.165) is 4.90 Å². The van der Waals surface area contributed by atoms with Gasteiger partial charge in [0, 0.05) is 12.5 Å². The summed E-state index contributed by atoms with van der Waals surface area (Å²) in [6.45, 7) is 0.959. The molecule has 1 N–H and O–H groups in total. The Bertz CT molecular complexity index is 666. The Balaban J connectivity index is 2.44. The molecule has 0 saturated carbocycles. The van der Waals surface area contributed by atoms with Gasteiger partial charge in [0.2, 0.25) is 11.8 Å². The van der Waals surface area contributed by atoms with Gasteiger partial charge in [-0.25, -0.2) is 0 Å². The van der Waals surface area contributed by atoms with E-state index in [-0.39, 0.29) is 12.2 Å². The van der Waals surface area contributed by atoms with Crippen molar-refractivity contribution in [3.63, 3.8) is 0 Å². The van der Waals surface area contributed by atoms with Crippen molar-refractivity contribution in [3.8, 4) is 11.5 Å². The zero-order valence-electron chi connectivity index (χ0n) is 12.5. The van der Waals surface area contributed by atoms with Crippen molar-refractivity contribution in [2.24, 2.45) is 0 Å². The summed E-state index contributed by atoms with van der Waals surface area (Å²) in [6.07, 6.45) is 1.46. The van der Waals surface area contributed by atoms with Crippen LogP contribution in [0.2, 0.25) is 0 Å². The van der Waals surface area contributed by atoms with Gasteiger partial charge < -0.3 is 14.8 Å². The van der Waals surface area contributed by atoms with Gasteiger partial charge in [-0.15, -0.1) is 0 Å². The van der Waals surface area contributed by atoms with Gasteiger partial charge in [0.1, 0.15) is 23.7 Å². The molecule has 0 unspecified atom stereocenters. The number of amides is 3. The average molecular weight is 304 g/mol. The second kappa shape index (κ2) is 6.30. The minimum atomic E-state index is -0.558. The first kappa shape index (κ1) is 15.6. The van der Waals surface area contributed by atoms with E-state index >= 15 is 0 Å². The van der Waals surface area contributed by atoms with Crippen LogP contribution in [-0.4, -0.2) is 43.4 Å². The zero-order chi connectivity index (χ0) is 16.3. The van der Waals surface area contributed by atoms with Crippen LogP contribution in [-0.2, 0) is 14.4 Å². The SMILES string of the molecule is COc1ccc(OC)c(/C=C2\NC(=O)CN(C(C)=O)C2=O)c1. The Kier molecular flexibility index (Phi) is 4.45. The van der Waals surface area contributed by atoms with Gasteiger partial charge in [-0.05, 0) is 24.3 Å². The Labute approximate surface area is 127 Å². The third-order valence-corrected chi connectivity index (χ3v) is 3.17. The molecule has 1 aliphatic heterocycles. The van der Waals surface area contributed by atoms with Crippen LogP contribution in [0.3, 0.4) is 0 Å². The molecule has 1 aromatic carbocycles. The standard InChI is InChI=1S/C15H16N2O5/c1-9(18)17-8-14(19)16-12(15(17)20)7-10-6-11(21-2)4-5-13(10)22-3/h4-7H,8H2,1-3H3,(H,16,19)/b12-7-. The van der Waals surface area contributed by atoms with E-state index in [2.05, 4.69) is 5.32 Å². The molecule has 2 rings (SSSR count). The highest BCUT2D eigenvalue weighted by Crippen LogP contribution is 2.26. The van der Waals surface area contributed by atoms with E-state index in [4.69, 9.17) is 9.47 Å². The number of imide groups is 1. The summed E-state index contributed by atoms with van der Waals surface area (Å²) in [7, 11) is 3.01. The van der Waals surface area contributed by atoms with Gasteiger partial charge >= 0.3 is 0 Å². The number of carbonyl (C=O) groups excluding carboxylic acids is 3. The van der Waals surface area contributed by atoms with Gasteiger partial charge in [0.15, 0.2) is 0 Å². The molecule has 22 heavy (non-hydrogen) atoms. The van der Waals surface area contributed by atoms with Crippen molar-refractivity contribution in [3.05, 3.63) is 29.5 Å². The first-order valence-electron chi connectivity index (χ1n) is 6.52. The summed E-state index contributed by atoms with van der Waals surface area (Å²) in [4.78, 5) is 36.2. The molecule has 0 radical (unpaired) electrons. The summed E-state index contributed by atoms with van der Waals surface area (Å²) in [5, 5.41) is 2.47. The quantitative estimate of drug-likeness (QED) is 0.824. The monoisotopic (exact) mass is 304 g/mol. The average Bonchev–Trinajstić information content (AvgIpc) is 2.50. The van der Waals surface area contributed by atoms with Gasteiger partial charge in [-0.3, -0.25) is 19.3 Å². The number of piperazine rings is 1. The fourth-order valence-corrected chi connectivity index (χ4v) is 2.06. The lowest BCUT2D eigenvalue weighted by molar-refractivity contribution is -0.147. The predicted octanol–water partition coefficient (Wildman–Crippen LogP) is 0.550. The second-order valence-corrected chi connectivity index (χ2v) is 4.62. The molecule has 1 aliphatic rings. The van der Waals surface area contributed by atoms with Crippen LogP contribution in [0.5, 0.6) is 11.5 Å². The molecule has 3 amide bonds. The van der Waals surface area contributed by atoms with Gasteiger partial charge in [0.05, 0.1) is 14.2 Å². The van der Waals surface area contributed by atoms with E-state index in [1.807, 2.05) is 0 Å². The first-order chi connectivity index (χ1) is 10.5.